The molecule has 3 aliphatic carbocycles. The first-order valence-electron chi connectivity index (χ1n) is 10.1. The molecule has 0 radical (unpaired) electrons. The van der Waals surface area contributed by atoms with Gasteiger partial charge in [0.05, 0.1) is 0 Å². The lowest BCUT2D eigenvalue weighted by molar-refractivity contribution is -0.184. The molecule has 2 amide bonds. The number of hydrogen-bond donors (Lipinski definition) is 2. The molecule has 30 heavy (non-hydrogen) atoms. The van der Waals surface area contributed by atoms with E-state index < -0.39 is 0 Å². The van der Waals surface area contributed by atoms with Crippen LogP contribution in [0.5, 0.6) is 0 Å². The Balaban J connectivity index is 1.20. The highest BCUT2D eigenvalue weighted by Crippen LogP contribution is 2.70. The molecule has 0 spiro atoms. The quantitative estimate of drug-likeness (QED) is 0.667. The number of nitrogens with one attached hydrogen (secondary N) is 2. The largest absolute Gasteiger partial charge is 0.345 e. The summed E-state index contributed by atoms with van der Waals surface area (Å²) in [7, 11) is 0. The van der Waals surface area contributed by atoms with E-state index in [0.717, 1.165) is 30.0 Å². The van der Waals surface area contributed by atoms with Gasteiger partial charge in [-0.3, -0.25) is 14.6 Å². The fourth-order valence-corrected chi connectivity index (χ4v) is 5.03. The smallest absolute Gasteiger partial charge is 0.270 e. The lowest BCUT2D eigenvalue weighted by atomic mass is 9.36. The average Bonchev–Trinajstić information content (AvgIpc) is 2.70. The fraction of sp³-hybridized carbons (Fsp3) is 0.292. The Kier molecular flexibility index (Phi) is 4.13. The monoisotopic (exact) mass is 403 g/mol. The highest BCUT2D eigenvalue weighted by molar-refractivity contribution is 5.97. The molecular weight excluding hydrogens is 381 g/mol. The minimum atomic E-state index is -0.334. The van der Waals surface area contributed by atoms with Crippen LogP contribution in [0.4, 0.5) is 10.1 Å². The van der Waals surface area contributed by atoms with Crippen molar-refractivity contribution in [2.75, 3.05) is 5.32 Å². The summed E-state index contributed by atoms with van der Waals surface area (Å²) in [4.78, 5) is 29.6. The first-order valence-corrected chi connectivity index (χ1v) is 10.1. The van der Waals surface area contributed by atoms with Crippen LogP contribution in [0.15, 0.2) is 60.8 Å². The highest BCUT2D eigenvalue weighted by atomic mass is 19.1. The molecule has 1 aromatic heterocycles. The number of rotatable bonds is 5. The average molecular weight is 403 g/mol. The second kappa shape index (κ2) is 6.62. The van der Waals surface area contributed by atoms with E-state index in [1.54, 1.807) is 18.3 Å². The summed E-state index contributed by atoms with van der Waals surface area (Å²) in [5, 5.41) is 7.98. The molecule has 3 fully saturated rings. The van der Waals surface area contributed by atoms with Gasteiger partial charge in [-0.15, -0.1) is 0 Å². The molecule has 1 atom stereocenters. The van der Waals surface area contributed by atoms with Gasteiger partial charge in [0.1, 0.15) is 11.5 Å². The van der Waals surface area contributed by atoms with Gasteiger partial charge in [0.2, 0.25) is 5.91 Å². The number of benzene rings is 2. The van der Waals surface area contributed by atoms with Crippen molar-refractivity contribution in [3.8, 4) is 0 Å². The molecule has 6 rings (SSSR count). The molecule has 2 aromatic carbocycles. The number of carbonyl (C=O) groups excluding carboxylic acids is 2. The predicted octanol–water partition coefficient (Wildman–Crippen LogP) is 4.30. The lowest BCUT2D eigenvalue weighted by Crippen LogP contribution is -2.77. The van der Waals surface area contributed by atoms with E-state index in [4.69, 9.17) is 0 Å². The zero-order chi connectivity index (χ0) is 20.9. The van der Waals surface area contributed by atoms with Gasteiger partial charge in [0.15, 0.2) is 0 Å². The van der Waals surface area contributed by atoms with Gasteiger partial charge in [-0.25, -0.2) is 4.39 Å². The van der Waals surface area contributed by atoms with E-state index in [2.05, 4.69) is 15.6 Å². The number of fused-ring (bicyclic) bond motifs is 1. The van der Waals surface area contributed by atoms with Crippen LogP contribution in [0.3, 0.4) is 0 Å². The molecule has 152 valence electrons. The number of halogens is 1. The van der Waals surface area contributed by atoms with Crippen LogP contribution in [-0.2, 0) is 4.79 Å². The Bertz CT molecular complexity index is 1140. The van der Waals surface area contributed by atoms with E-state index >= 15 is 0 Å². The van der Waals surface area contributed by atoms with Crippen molar-refractivity contribution < 1.29 is 14.0 Å². The van der Waals surface area contributed by atoms with Crippen LogP contribution in [0, 0.1) is 17.2 Å². The highest BCUT2D eigenvalue weighted by Gasteiger charge is 2.71. The van der Waals surface area contributed by atoms with E-state index in [-0.39, 0.29) is 34.5 Å². The first kappa shape index (κ1) is 18.7. The second-order valence-electron chi connectivity index (χ2n) is 8.76. The number of nitrogens with zero attached hydrogens (tertiary/aromatic N) is 1. The number of carbonyl (C=O) groups is 2. The van der Waals surface area contributed by atoms with Crippen LogP contribution in [-0.4, -0.2) is 22.3 Å². The maximum absolute atomic E-state index is 13.0. The molecule has 6 heteroatoms. The van der Waals surface area contributed by atoms with Crippen molar-refractivity contribution in [1.82, 2.24) is 10.3 Å². The summed E-state index contributed by atoms with van der Waals surface area (Å²) < 4.78 is 13.0. The Labute approximate surface area is 173 Å². The van der Waals surface area contributed by atoms with Gasteiger partial charge in [-0.05, 0) is 60.4 Å². The van der Waals surface area contributed by atoms with Gasteiger partial charge in [-0.1, -0.05) is 31.2 Å². The minimum absolute atomic E-state index is 0.0718. The van der Waals surface area contributed by atoms with Crippen LogP contribution < -0.4 is 10.6 Å². The van der Waals surface area contributed by atoms with Gasteiger partial charge in [0, 0.05) is 28.7 Å². The van der Waals surface area contributed by atoms with Crippen LogP contribution >= 0.6 is 0 Å². The topological polar surface area (TPSA) is 71.1 Å². The number of pyridine rings is 1. The summed E-state index contributed by atoms with van der Waals surface area (Å²) in [6.45, 7) is 1.93. The third kappa shape index (κ3) is 3.03. The second-order valence-corrected chi connectivity index (χ2v) is 8.76. The maximum atomic E-state index is 13.0. The Morgan fingerprint density at radius 1 is 1.03 bits per heavy atom. The summed E-state index contributed by atoms with van der Waals surface area (Å²) in [5.41, 5.74) is 0.697. The molecule has 0 aliphatic heterocycles. The Morgan fingerprint density at radius 3 is 2.40 bits per heavy atom. The third-order valence-corrected chi connectivity index (χ3v) is 6.74. The normalized spacial score (nSPS) is 25.0. The molecule has 2 bridgehead atoms. The van der Waals surface area contributed by atoms with Gasteiger partial charge in [0.25, 0.3) is 5.91 Å². The molecular formula is C24H22FN3O2. The van der Waals surface area contributed by atoms with Gasteiger partial charge >= 0.3 is 0 Å². The van der Waals surface area contributed by atoms with Crippen molar-refractivity contribution in [3.05, 3.63) is 72.3 Å². The molecule has 0 unspecified atom stereocenters. The van der Waals surface area contributed by atoms with E-state index in [0.29, 0.717) is 11.4 Å². The first-order chi connectivity index (χ1) is 14.4. The molecule has 3 saturated carbocycles. The zero-order valence-corrected chi connectivity index (χ0v) is 16.6. The van der Waals surface area contributed by atoms with Crippen LogP contribution in [0.2, 0.25) is 0 Å². The number of aromatic nitrogens is 1. The van der Waals surface area contributed by atoms with Crippen molar-refractivity contribution in [1.29, 1.82) is 0 Å². The summed E-state index contributed by atoms with van der Waals surface area (Å²) in [5.74, 6) is -0.755. The lowest BCUT2D eigenvalue weighted by Gasteiger charge is -2.72. The minimum Gasteiger partial charge on any atom is -0.345 e. The SMILES string of the molecule is C[C@H](C(=O)Nc1ccc(F)cc1)C12CC(NC(=O)c3cc4ccccc4cn3)(C1)C2. The Hall–Kier alpha value is -3.28. The van der Waals surface area contributed by atoms with Crippen molar-refractivity contribution in [2.24, 2.45) is 11.3 Å². The number of hydrogen-bond acceptors (Lipinski definition) is 3. The van der Waals surface area contributed by atoms with Gasteiger partial charge < -0.3 is 10.6 Å². The third-order valence-electron chi connectivity index (χ3n) is 6.74. The van der Waals surface area contributed by atoms with Crippen molar-refractivity contribution in [2.45, 2.75) is 31.7 Å². The van der Waals surface area contributed by atoms with E-state index in [1.165, 1.54) is 12.1 Å². The standard InChI is InChI=1S/C24H22FN3O2/c1-15(21(29)27-19-8-6-18(25)7-9-19)23-12-24(13-23,14-23)28-22(30)20-10-16-4-2-3-5-17(16)11-26-20/h2-11,15H,12-14H2,1H3,(H,27,29)(H,28,30)/t15-,23?,24?/m1/s1. The van der Waals surface area contributed by atoms with Gasteiger partial charge in [-0.2, -0.15) is 0 Å². The summed E-state index contributed by atoms with van der Waals surface area (Å²) in [6.07, 6.45) is 4.08. The summed E-state index contributed by atoms with van der Waals surface area (Å²) in [6, 6.07) is 15.4. The van der Waals surface area contributed by atoms with Crippen molar-refractivity contribution >= 4 is 28.3 Å². The van der Waals surface area contributed by atoms with E-state index in [1.807, 2.05) is 37.3 Å². The molecule has 1 heterocycles. The predicted molar refractivity (Wildman–Crippen MR) is 112 cm³/mol. The maximum Gasteiger partial charge on any atom is 0.270 e. The molecule has 2 N–H and O–H groups in total. The number of anilines is 1. The molecule has 5 nitrogen and oxygen atoms in total. The van der Waals surface area contributed by atoms with E-state index in [9.17, 15) is 14.0 Å². The van der Waals surface area contributed by atoms with Crippen LogP contribution in [0.1, 0.15) is 36.7 Å². The fourth-order valence-electron chi connectivity index (χ4n) is 5.03. The molecule has 0 saturated heterocycles. The zero-order valence-electron chi connectivity index (χ0n) is 16.6. The Morgan fingerprint density at radius 2 is 1.70 bits per heavy atom. The number of amides is 2. The van der Waals surface area contributed by atoms with Crippen LogP contribution in [0.25, 0.3) is 10.8 Å². The molecule has 3 aromatic rings. The van der Waals surface area contributed by atoms with Crippen molar-refractivity contribution in [3.63, 3.8) is 0 Å². The summed E-state index contributed by atoms with van der Waals surface area (Å²) >= 11 is 0. The molecule has 3 aliphatic rings.